The molecule has 0 radical (unpaired) electrons. The molecule has 3 aromatic heterocycles. The molecule has 8 nitrogen and oxygen atoms in total. The molecule has 8 heteroatoms. The van der Waals surface area contributed by atoms with Crippen LogP contribution >= 0.6 is 0 Å². The van der Waals surface area contributed by atoms with E-state index in [4.69, 9.17) is 4.42 Å². The number of nitrogens with zero attached hydrogens (tertiary/aromatic N) is 3. The highest BCUT2D eigenvalue weighted by Gasteiger charge is 2.26. The third kappa shape index (κ3) is 2.96. The quantitative estimate of drug-likeness (QED) is 0.458. The van der Waals surface area contributed by atoms with Crippen molar-refractivity contribution >= 4 is 52.1 Å². The number of furan rings is 1. The lowest BCUT2D eigenvalue weighted by atomic mass is 10.1. The van der Waals surface area contributed by atoms with Crippen molar-refractivity contribution in [1.82, 2.24) is 9.97 Å². The van der Waals surface area contributed by atoms with E-state index < -0.39 is 11.7 Å². The Hall–Kier alpha value is -4.46. The summed E-state index contributed by atoms with van der Waals surface area (Å²) in [4.78, 5) is 24.4. The van der Waals surface area contributed by atoms with Crippen molar-refractivity contribution in [3.63, 3.8) is 0 Å². The first-order valence-corrected chi connectivity index (χ1v) is 9.02. The summed E-state index contributed by atoms with van der Waals surface area (Å²) >= 11 is 0. The van der Waals surface area contributed by atoms with Crippen LogP contribution in [0.25, 0.3) is 22.6 Å². The average Bonchev–Trinajstić information content (AvgIpc) is 3.29. The normalized spacial score (nSPS) is 13.7. The van der Waals surface area contributed by atoms with Gasteiger partial charge in [-0.15, -0.1) is 0 Å². The molecule has 1 aliphatic rings. The average molecular weight is 398 g/mol. The maximum Gasteiger partial charge on any atom is 0.345 e. The fourth-order valence-corrected chi connectivity index (χ4v) is 3.29. The van der Waals surface area contributed by atoms with Gasteiger partial charge in [-0.2, -0.15) is 0 Å². The van der Waals surface area contributed by atoms with Crippen LogP contribution in [0.1, 0.15) is 21.7 Å². The number of aliphatic imine (C=N–C) groups is 1. The predicted octanol–water partition coefficient (Wildman–Crippen LogP) is 4.63. The van der Waals surface area contributed by atoms with Crippen LogP contribution in [0.15, 0.2) is 64.3 Å². The zero-order chi connectivity index (χ0) is 20.7. The Morgan fingerprint density at radius 3 is 2.80 bits per heavy atom. The van der Waals surface area contributed by atoms with Gasteiger partial charge in [-0.25, -0.2) is 14.8 Å². The minimum Gasteiger partial charge on any atom is -0.504 e. The molecule has 4 aromatic rings. The maximum absolute atomic E-state index is 11.8. The lowest BCUT2D eigenvalue weighted by Gasteiger charge is -2.05. The number of rotatable bonds is 4. The highest BCUT2D eigenvalue weighted by molar-refractivity contribution is 6.21. The molecule has 0 bridgehead atoms. The number of anilines is 2. The predicted molar refractivity (Wildman–Crippen MR) is 113 cm³/mol. The molecule has 30 heavy (non-hydrogen) atoms. The van der Waals surface area contributed by atoms with Crippen molar-refractivity contribution in [2.75, 3.05) is 5.32 Å². The summed E-state index contributed by atoms with van der Waals surface area (Å²) in [5, 5.41) is 23.9. The topological polar surface area (TPSA) is 121 Å². The van der Waals surface area contributed by atoms with Crippen molar-refractivity contribution in [1.29, 1.82) is 0 Å². The van der Waals surface area contributed by atoms with E-state index in [1.54, 1.807) is 30.7 Å². The standard InChI is InChI=1S/C22H14N4O4/c27-19-17(10-13-11-25-20-15(13)4-2-8-24-20)30-21(18(19)22(28)29)26-14-5-6-16-12(9-14)3-1-7-23-16/h1-11,26-27H,(H,28,29). The molecule has 1 aromatic carbocycles. The van der Waals surface area contributed by atoms with Crippen LogP contribution in [0.5, 0.6) is 5.75 Å². The van der Waals surface area contributed by atoms with Crippen LogP contribution in [-0.2, 0) is 0 Å². The number of hydrogen-bond acceptors (Lipinski definition) is 7. The molecule has 0 atom stereocenters. The van der Waals surface area contributed by atoms with Gasteiger partial charge >= 0.3 is 5.97 Å². The van der Waals surface area contributed by atoms with E-state index in [9.17, 15) is 15.0 Å². The third-order valence-electron chi connectivity index (χ3n) is 4.69. The van der Waals surface area contributed by atoms with Crippen LogP contribution in [0.4, 0.5) is 17.4 Å². The molecule has 5 rings (SSSR count). The number of aromatic nitrogens is 2. The summed E-state index contributed by atoms with van der Waals surface area (Å²) in [6, 6.07) is 12.7. The number of carboxylic acid groups (broad SMARTS) is 1. The van der Waals surface area contributed by atoms with Crippen molar-refractivity contribution in [2.45, 2.75) is 0 Å². The van der Waals surface area contributed by atoms with Gasteiger partial charge in [-0.05, 0) is 42.5 Å². The highest BCUT2D eigenvalue weighted by atomic mass is 16.4. The van der Waals surface area contributed by atoms with Crippen LogP contribution in [0, 0.1) is 0 Å². The van der Waals surface area contributed by atoms with Crippen molar-refractivity contribution in [2.24, 2.45) is 4.99 Å². The molecule has 0 unspecified atom stereocenters. The van der Waals surface area contributed by atoms with Gasteiger partial charge < -0.3 is 19.9 Å². The number of carboxylic acids is 1. The van der Waals surface area contributed by atoms with Gasteiger partial charge in [0.15, 0.2) is 22.9 Å². The zero-order valence-electron chi connectivity index (χ0n) is 15.4. The molecule has 0 spiro atoms. The van der Waals surface area contributed by atoms with Crippen LogP contribution in [-0.4, -0.2) is 32.4 Å². The van der Waals surface area contributed by atoms with Gasteiger partial charge in [-0.3, -0.25) is 4.98 Å². The van der Waals surface area contributed by atoms with E-state index in [0.29, 0.717) is 17.1 Å². The van der Waals surface area contributed by atoms with Gasteiger partial charge in [0.2, 0.25) is 5.88 Å². The first-order chi connectivity index (χ1) is 14.6. The van der Waals surface area contributed by atoms with E-state index >= 15 is 0 Å². The molecule has 0 fully saturated rings. The molecule has 0 saturated carbocycles. The Bertz CT molecular complexity index is 1370. The number of nitrogens with one attached hydrogen (secondary N) is 1. The van der Waals surface area contributed by atoms with E-state index in [2.05, 4.69) is 20.3 Å². The number of pyridine rings is 2. The maximum atomic E-state index is 11.8. The van der Waals surface area contributed by atoms with Gasteiger partial charge in [0.05, 0.1) is 5.52 Å². The summed E-state index contributed by atoms with van der Waals surface area (Å²) in [5.41, 5.74) is 2.48. The molecule has 146 valence electrons. The summed E-state index contributed by atoms with van der Waals surface area (Å²) in [5.74, 6) is -1.29. The van der Waals surface area contributed by atoms with Crippen LogP contribution in [0.3, 0.4) is 0 Å². The Morgan fingerprint density at radius 1 is 1.10 bits per heavy atom. The summed E-state index contributed by atoms with van der Waals surface area (Å²) in [6.07, 6.45) is 6.45. The number of allylic oxidation sites excluding steroid dienone is 1. The lowest BCUT2D eigenvalue weighted by molar-refractivity contribution is 0.0695. The van der Waals surface area contributed by atoms with E-state index in [1.807, 2.05) is 30.3 Å². The molecule has 0 saturated heterocycles. The number of aromatic carboxylic acids is 1. The SMILES string of the molecule is O=C(O)c1c(Nc2ccc3ncccc3c2)oc(C=C2C=Nc3ncccc32)c1O. The van der Waals surface area contributed by atoms with Crippen molar-refractivity contribution in [3.8, 4) is 5.75 Å². The number of fused-ring (bicyclic) bond motifs is 2. The first-order valence-electron chi connectivity index (χ1n) is 9.02. The minimum absolute atomic E-state index is 0.00973. The van der Waals surface area contributed by atoms with Crippen LogP contribution in [0.2, 0.25) is 0 Å². The molecule has 1 aliphatic heterocycles. The molecular formula is C22H14N4O4. The fraction of sp³-hybridized carbons (Fsp3) is 0. The second-order valence-electron chi connectivity index (χ2n) is 6.59. The minimum atomic E-state index is -1.31. The van der Waals surface area contributed by atoms with E-state index in [1.165, 1.54) is 6.08 Å². The van der Waals surface area contributed by atoms with Gasteiger partial charge in [0.25, 0.3) is 0 Å². The summed E-state index contributed by atoms with van der Waals surface area (Å²) in [7, 11) is 0. The van der Waals surface area contributed by atoms with Crippen molar-refractivity contribution < 1.29 is 19.4 Å². The highest BCUT2D eigenvalue weighted by Crippen LogP contribution is 2.39. The second-order valence-corrected chi connectivity index (χ2v) is 6.59. The first kappa shape index (κ1) is 17.6. The number of carbonyl (C=O) groups is 1. The van der Waals surface area contributed by atoms with Crippen LogP contribution < -0.4 is 5.32 Å². The van der Waals surface area contributed by atoms with Crippen molar-refractivity contribution in [3.05, 3.63) is 71.7 Å². The lowest BCUT2D eigenvalue weighted by Crippen LogP contribution is -2.00. The molecule has 0 amide bonds. The Morgan fingerprint density at radius 2 is 1.93 bits per heavy atom. The monoisotopic (exact) mass is 398 g/mol. The Kier molecular flexibility index (Phi) is 4.03. The summed E-state index contributed by atoms with van der Waals surface area (Å²) in [6.45, 7) is 0. The molecule has 4 heterocycles. The number of hydrogen-bond donors (Lipinski definition) is 3. The Balaban J connectivity index is 1.55. The van der Waals surface area contributed by atoms with Gasteiger partial charge in [0, 0.05) is 40.8 Å². The largest absolute Gasteiger partial charge is 0.504 e. The summed E-state index contributed by atoms with van der Waals surface area (Å²) < 4.78 is 5.68. The van der Waals surface area contributed by atoms with Gasteiger partial charge in [0.1, 0.15) is 0 Å². The Labute approximate surface area is 169 Å². The third-order valence-corrected chi connectivity index (χ3v) is 4.69. The van der Waals surface area contributed by atoms with E-state index in [0.717, 1.165) is 16.5 Å². The molecular weight excluding hydrogens is 384 g/mol. The fourth-order valence-electron chi connectivity index (χ4n) is 3.29. The molecule has 3 N–H and O–H groups in total. The molecule has 0 aliphatic carbocycles. The zero-order valence-corrected chi connectivity index (χ0v) is 15.4. The number of aromatic hydroxyl groups is 1. The second kappa shape index (κ2) is 6.85. The number of benzene rings is 1. The smallest absolute Gasteiger partial charge is 0.345 e. The van der Waals surface area contributed by atoms with Gasteiger partial charge in [-0.1, -0.05) is 6.07 Å². The van der Waals surface area contributed by atoms with E-state index in [-0.39, 0.29) is 17.2 Å².